The van der Waals surface area contributed by atoms with Crippen LogP contribution >= 0.6 is 7.60 Å². The van der Waals surface area contributed by atoms with Crippen LogP contribution in [0.1, 0.15) is 0 Å². The van der Waals surface area contributed by atoms with E-state index in [0.29, 0.717) is 5.75 Å². The van der Waals surface area contributed by atoms with Gasteiger partial charge in [0, 0.05) is 0 Å². The lowest BCUT2D eigenvalue weighted by Gasteiger charge is -2.28. The van der Waals surface area contributed by atoms with Gasteiger partial charge in [0.2, 0.25) is 0 Å². The minimum atomic E-state index is -4.55. The van der Waals surface area contributed by atoms with Crippen molar-refractivity contribution in [2.24, 2.45) is 0 Å². The minimum absolute atomic E-state index is 0.379. The van der Waals surface area contributed by atoms with Crippen molar-refractivity contribution in [2.45, 2.75) is 0 Å². The van der Waals surface area contributed by atoms with Gasteiger partial charge in [-0.25, -0.2) is 0 Å². The molecule has 0 aliphatic heterocycles. The monoisotopic (exact) mass is 186 g/mol. The van der Waals surface area contributed by atoms with Crippen molar-refractivity contribution in [1.29, 1.82) is 0 Å². The molecule has 0 aliphatic rings. The highest BCUT2D eigenvalue weighted by Gasteiger charge is 1.93. The molecule has 0 amide bonds. The van der Waals surface area contributed by atoms with E-state index in [1.807, 2.05) is 0 Å². The average molecular weight is 186 g/mol. The Hall–Kier alpha value is -0.830. The third-order valence-electron chi connectivity index (χ3n) is 1.13. The summed E-state index contributed by atoms with van der Waals surface area (Å²) in [5, 5.41) is 0. The van der Waals surface area contributed by atoms with Crippen molar-refractivity contribution in [3.63, 3.8) is 0 Å². The molecule has 0 atom stereocenters. The zero-order chi connectivity index (χ0) is 9.03. The topological polar surface area (TPSA) is 72.4 Å². The van der Waals surface area contributed by atoms with Crippen molar-refractivity contribution in [3.05, 3.63) is 30.3 Å². The molecule has 0 aliphatic carbocycles. The standard InChI is InChI=1S/C7H9O4P/c8-12(9,10)6-11-7-4-2-1-3-5-7/h1-5H,6H2,(H2,8,9,10)/p-2. The number of hydrogen-bond acceptors (Lipinski definition) is 4. The number of ether oxygens (including phenoxy) is 1. The van der Waals surface area contributed by atoms with Gasteiger partial charge in [-0.05, 0) is 19.7 Å². The first-order valence-corrected chi connectivity index (χ1v) is 5.00. The Morgan fingerprint density at radius 2 is 1.83 bits per heavy atom. The Kier molecular flexibility index (Phi) is 2.87. The van der Waals surface area contributed by atoms with Crippen LogP contribution in [-0.4, -0.2) is 6.35 Å². The fraction of sp³-hybridized carbons (Fsp3) is 0.143. The molecule has 4 nitrogen and oxygen atoms in total. The molecule has 0 fully saturated rings. The maximum Gasteiger partial charge on any atom is 0.119 e. The van der Waals surface area contributed by atoms with Gasteiger partial charge in [0.05, 0.1) is 0 Å². The first-order chi connectivity index (χ1) is 5.58. The van der Waals surface area contributed by atoms with E-state index in [1.165, 1.54) is 0 Å². The molecule has 0 spiro atoms. The smallest absolute Gasteiger partial charge is 0.119 e. The van der Waals surface area contributed by atoms with Crippen LogP contribution in [0.5, 0.6) is 5.75 Å². The molecule has 0 saturated heterocycles. The number of hydrogen-bond donors (Lipinski definition) is 0. The maximum absolute atomic E-state index is 10.2. The van der Waals surface area contributed by atoms with Crippen molar-refractivity contribution in [2.75, 3.05) is 6.35 Å². The summed E-state index contributed by atoms with van der Waals surface area (Å²) in [5.41, 5.74) is 0. The van der Waals surface area contributed by atoms with Crippen LogP contribution in [-0.2, 0) is 4.57 Å². The van der Waals surface area contributed by atoms with E-state index in [-0.39, 0.29) is 0 Å². The molecule has 0 heterocycles. The molecule has 0 unspecified atom stereocenters. The van der Waals surface area contributed by atoms with Crippen LogP contribution in [0.4, 0.5) is 0 Å². The Morgan fingerprint density at radius 1 is 1.25 bits per heavy atom. The van der Waals surface area contributed by atoms with Crippen molar-refractivity contribution in [1.82, 2.24) is 0 Å². The molecular formula is C7H7O4P-2. The molecule has 0 aromatic heterocycles. The van der Waals surface area contributed by atoms with Gasteiger partial charge in [-0.2, -0.15) is 0 Å². The van der Waals surface area contributed by atoms with E-state index in [2.05, 4.69) is 4.74 Å². The predicted molar refractivity (Wildman–Crippen MR) is 39.5 cm³/mol. The fourth-order valence-electron chi connectivity index (χ4n) is 0.670. The number of rotatable bonds is 3. The lowest BCUT2D eigenvalue weighted by atomic mass is 10.3. The normalized spacial score (nSPS) is 11.2. The summed E-state index contributed by atoms with van der Waals surface area (Å²) in [6.07, 6.45) is -0.795. The van der Waals surface area contributed by atoms with Crippen LogP contribution in [0.15, 0.2) is 30.3 Å². The lowest BCUT2D eigenvalue weighted by molar-refractivity contribution is -0.316. The Bertz CT molecular complexity index is 279. The Balaban J connectivity index is 2.50. The largest absolute Gasteiger partial charge is 0.808 e. The molecule has 5 heteroatoms. The number of benzene rings is 1. The number of para-hydroxylation sites is 1. The van der Waals surface area contributed by atoms with E-state index in [9.17, 15) is 14.4 Å². The summed E-state index contributed by atoms with van der Waals surface area (Å²) < 4.78 is 14.8. The van der Waals surface area contributed by atoms with Crippen LogP contribution in [0, 0.1) is 0 Å². The molecule has 66 valence electrons. The van der Waals surface area contributed by atoms with E-state index in [4.69, 9.17) is 0 Å². The van der Waals surface area contributed by atoms with Gasteiger partial charge in [0.25, 0.3) is 0 Å². The molecule has 0 radical (unpaired) electrons. The average Bonchev–Trinajstić information content (AvgIpc) is 2.02. The van der Waals surface area contributed by atoms with Crippen molar-refractivity contribution in [3.8, 4) is 5.75 Å². The SMILES string of the molecule is O=P([O-])([O-])COc1ccccc1. The minimum Gasteiger partial charge on any atom is -0.808 e. The highest BCUT2D eigenvalue weighted by atomic mass is 31.2. The van der Waals surface area contributed by atoms with Gasteiger partial charge in [0.1, 0.15) is 12.1 Å². The maximum atomic E-state index is 10.2. The molecule has 0 N–H and O–H groups in total. The van der Waals surface area contributed by atoms with E-state index < -0.39 is 13.9 Å². The Morgan fingerprint density at radius 3 is 2.33 bits per heavy atom. The summed E-state index contributed by atoms with van der Waals surface area (Å²) in [5.74, 6) is 0.379. The first-order valence-electron chi connectivity index (χ1n) is 3.27. The first kappa shape index (κ1) is 9.26. The lowest BCUT2D eigenvalue weighted by Crippen LogP contribution is -2.19. The molecular weight excluding hydrogens is 179 g/mol. The summed E-state index contributed by atoms with van der Waals surface area (Å²) >= 11 is 0. The van der Waals surface area contributed by atoms with Crippen molar-refractivity contribution >= 4 is 7.60 Å². The second kappa shape index (κ2) is 3.72. The highest BCUT2D eigenvalue weighted by molar-refractivity contribution is 7.48. The van der Waals surface area contributed by atoms with E-state index in [0.717, 1.165) is 0 Å². The van der Waals surface area contributed by atoms with Crippen LogP contribution in [0.25, 0.3) is 0 Å². The second-order valence-corrected chi connectivity index (χ2v) is 3.68. The van der Waals surface area contributed by atoms with Crippen molar-refractivity contribution < 1.29 is 19.1 Å². The zero-order valence-corrected chi connectivity index (χ0v) is 7.07. The molecule has 1 rings (SSSR count). The molecule has 1 aromatic rings. The second-order valence-electron chi connectivity index (χ2n) is 2.20. The predicted octanol–water partition coefficient (Wildman–Crippen LogP) is -0.0634. The zero-order valence-electron chi connectivity index (χ0n) is 6.17. The van der Waals surface area contributed by atoms with Gasteiger partial charge >= 0.3 is 0 Å². The van der Waals surface area contributed by atoms with Gasteiger partial charge in [-0.15, -0.1) is 0 Å². The summed E-state index contributed by atoms with van der Waals surface area (Å²) in [7, 11) is -4.55. The fourth-order valence-corrected chi connectivity index (χ4v) is 0.977. The van der Waals surface area contributed by atoms with Gasteiger partial charge in [-0.3, -0.25) is 0 Å². The summed E-state index contributed by atoms with van der Waals surface area (Å²) in [4.78, 5) is 20.3. The molecule has 12 heavy (non-hydrogen) atoms. The van der Waals surface area contributed by atoms with Gasteiger partial charge in [0.15, 0.2) is 0 Å². The van der Waals surface area contributed by atoms with Crippen LogP contribution in [0.3, 0.4) is 0 Å². The summed E-state index contributed by atoms with van der Waals surface area (Å²) in [6.45, 7) is 0. The van der Waals surface area contributed by atoms with Gasteiger partial charge < -0.3 is 19.1 Å². The molecule has 0 bridgehead atoms. The van der Waals surface area contributed by atoms with Crippen LogP contribution < -0.4 is 14.5 Å². The highest BCUT2D eigenvalue weighted by Crippen LogP contribution is 2.23. The molecule has 1 aromatic carbocycles. The third-order valence-corrected chi connectivity index (χ3v) is 1.58. The van der Waals surface area contributed by atoms with Crippen LogP contribution in [0.2, 0.25) is 0 Å². The summed E-state index contributed by atoms with van der Waals surface area (Å²) in [6, 6.07) is 8.30. The Labute approximate surface area is 70.0 Å². The molecule has 0 saturated carbocycles. The van der Waals surface area contributed by atoms with E-state index in [1.54, 1.807) is 30.3 Å². The van der Waals surface area contributed by atoms with Gasteiger partial charge in [-0.1, -0.05) is 18.2 Å². The third kappa shape index (κ3) is 3.53. The quantitative estimate of drug-likeness (QED) is 0.619. The van der Waals surface area contributed by atoms with E-state index >= 15 is 0 Å².